The van der Waals surface area contributed by atoms with Gasteiger partial charge in [0.25, 0.3) is 5.56 Å². The predicted octanol–water partition coefficient (Wildman–Crippen LogP) is 3.31. The first-order valence-electron chi connectivity index (χ1n) is 9.50. The Labute approximate surface area is 178 Å². The summed E-state index contributed by atoms with van der Waals surface area (Å²) in [6, 6.07) is 18.1. The molecule has 0 fully saturated rings. The normalized spacial score (nSPS) is 13.2. The lowest BCUT2D eigenvalue weighted by Gasteiger charge is -2.23. The van der Waals surface area contributed by atoms with Crippen LogP contribution in [0, 0.1) is 0 Å². The lowest BCUT2D eigenvalue weighted by molar-refractivity contribution is 0.127. The van der Waals surface area contributed by atoms with Crippen LogP contribution in [0.15, 0.2) is 78.0 Å². The molecule has 30 heavy (non-hydrogen) atoms. The minimum atomic E-state index is -0.697. The first-order valence-corrected chi connectivity index (χ1v) is 9.88. The van der Waals surface area contributed by atoms with Gasteiger partial charge in [0.2, 0.25) is 0 Å². The van der Waals surface area contributed by atoms with E-state index in [0.29, 0.717) is 22.7 Å². The van der Waals surface area contributed by atoms with Crippen LogP contribution < -0.4 is 5.56 Å². The SMILES string of the molecule is CC(O)C(Cc1ccccc1)n1ccc(-c2cc(Cl)ccc2-n2cnnn2)cc1=O. The van der Waals surface area contributed by atoms with E-state index in [1.807, 2.05) is 36.4 Å². The zero-order valence-corrected chi connectivity index (χ0v) is 17.0. The Hall–Kier alpha value is -3.29. The van der Waals surface area contributed by atoms with E-state index in [1.165, 1.54) is 11.0 Å². The van der Waals surface area contributed by atoms with Crippen molar-refractivity contribution in [2.24, 2.45) is 0 Å². The van der Waals surface area contributed by atoms with E-state index >= 15 is 0 Å². The molecular formula is C22H20ClN5O2. The van der Waals surface area contributed by atoms with E-state index < -0.39 is 6.10 Å². The summed E-state index contributed by atoms with van der Waals surface area (Å²) in [6.07, 6.45) is 3.04. The molecule has 2 unspecified atom stereocenters. The number of benzene rings is 2. The number of tetrazole rings is 1. The van der Waals surface area contributed by atoms with E-state index in [9.17, 15) is 9.90 Å². The molecule has 8 heteroatoms. The summed E-state index contributed by atoms with van der Waals surface area (Å²) in [5.41, 5.74) is 2.97. The van der Waals surface area contributed by atoms with Gasteiger partial charge in [0.1, 0.15) is 6.33 Å². The Morgan fingerprint density at radius 2 is 1.90 bits per heavy atom. The molecule has 0 bridgehead atoms. The second kappa shape index (κ2) is 8.61. The minimum absolute atomic E-state index is 0.211. The van der Waals surface area contributed by atoms with Gasteiger partial charge in [0.15, 0.2) is 0 Å². The number of aliphatic hydroxyl groups excluding tert-OH is 1. The molecule has 1 N–H and O–H groups in total. The van der Waals surface area contributed by atoms with Crippen LogP contribution in [0.3, 0.4) is 0 Å². The number of rotatable bonds is 6. The van der Waals surface area contributed by atoms with Gasteiger partial charge in [-0.15, -0.1) is 5.10 Å². The third kappa shape index (κ3) is 4.17. The summed E-state index contributed by atoms with van der Waals surface area (Å²) in [5, 5.41) is 22.2. The molecule has 0 spiro atoms. The Kier molecular flexibility index (Phi) is 5.74. The van der Waals surface area contributed by atoms with E-state index in [-0.39, 0.29) is 11.6 Å². The first-order chi connectivity index (χ1) is 14.5. The van der Waals surface area contributed by atoms with Crippen molar-refractivity contribution in [2.45, 2.75) is 25.5 Å². The average molecular weight is 422 g/mol. The van der Waals surface area contributed by atoms with E-state index in [1.54, 1.807) is 42.0 Å². The summed E-state index contributed by atoms with van der Waals surface area (Å²) >= 11 is 6.20. The molecule has 0 radical (unpaired) electrons. The van der Waals surface area contributed by atoms with Crippen LogP contribution in [0.4, 0.5) is 0 Å². The van der Waals surface area contributed by atoms with E-state index in [2.05, 4.69) is 15.5 Å². The molecular weight excluding hydrogens is 402 g/mol. The zero-order chi connectivity index (χ0) is 21.1. The number of halogens is 1. The maximum atomic E-state index is 13.0. The van der Waals surface area contributed by atoms with Gasteiger partial charge in [0, 0.05) is 22.8 Å². The smallest absolute Gasteiger partial charge is 0.251 e. The van der Waals surface area contributed by atoms with Crippen molar-refractivity contribution in [1.29, 1.82) is 0 Å². The third-order valence-corrected chi connectivity index (χ3v) is 5.25. The van der Waals surface area contributed by atoms with Gasteiger partial charge >= 0.3 is 0 Å². The predicted molar refractivity (Wildman–Crippen MR) is 115 cm³/mol. The van der Waals surface area contributed by atoms with Gasteiger partial charge in [-0.1, -0.05) is 41.9 Å². The van der Waals surface area contributed by atoms with Crippen molar-refractivity contribution >= 4 is 11.6 Å². The van der Waals surface area contributed by atoms with E-state index in [4.69, 9.17) is 11.6 Å². The van der Waals surface area contributed by atoms with Gasteiger partial charge < -0.3 is 9.67 Å². The number of aliphatic hydroxyl groups is 1. The lowest BCUT2D eigenvalue weighted by atomic mass is 10.0. The van der Waals surface area contributed by atoms with Crippen LogP contribution in [0.2, 0.25) is 5.02 Å². The second-order valence-electron chi connectivity index (χ2n) is 7.07. The summed E-state index contributed by atoms with van der Waals surface area (Å²) in [5.74, 6) is 0. The Morgan fingerprint density at radius 3 is 2.57 bits per heavy atom. The van der Waals surface area contributed by atoms with Crippen molar-refractivity contribution in [3.05, 3.63) is 94.1 Å². The summed E-state index contributed by atoms with van der Waals surface area (Å²) in [4.78, 5) is 13.0. The Bertz CT molecular complexity index is 1190. The van der Waals surface area contributed by atoms with Crippen molar-refractivity contribution in [3.8, 4) is 16.8 Å². The standard InChI is InChI=1S/C22H20ClN5O2/c1-15(29)21(11-16-5-3-2-4-6-16)27-10-9-17(12-22(27)30)19-13-18(23)7-8-20(19)28-14-24-25-26-28/h2-10,12-15,21,29H,11H2,1H3. The molecule has 2 aromatic heterocycles. The molecule has 2 heterocycles. The molecule has 4 aromatic rings. The van der Waals surface area contributed by atoms with Crippen LogP contribution in [0.5, 0.6) is 0 Å². The fraction of sp³-hybridized carbons (Fsp3) is 0.182. The maximum absolute atomic E-state index is 13.0. The molecule has 0 aliphatic rings. The van der Waals surface area contributed by atoms with Crippen molar-refractivity contribution in [3.63, 3.8) is 0 Å². The molecule has 0 saturated carbocycles. The van der Waals surface area contributed by atoms with Crippen molar-refractivity contribution < 1.29 is 5.11 Å². The highest BCUT2D eigenvalue weighted by Crippen LogP contribution is 2.29. The summed E-state index contributed by atoms with van der Waals surface area (Å²) in [7, 11) is 0. The van der Waals surface area contributed by atoms with Gasteiger partial charge in [-0.2, -0.15) is 4.68 Å². The third-order valence-electron chi connectivity index (χ3n) is 5.02. The zero-order valence-electron chi connectivity index (χ0n) is 16.3. The van der Waals surface area contributed by atoms with E-state index in [0.717, 1.165) is 11.1 Å². The molecule has 2 atom stereocenters. The number of aromatic nitrogens is 5. The molecule has 152 valence electrons. The van der Waals surface area contributed by atoms with Gasteiger partial charge in [0.05, 0.1) is 17.8 Å². The average Bonchev–Trinajstić information content (AvgIpc) is 3.27. The Balaban J connectivity index is 1.74. The first kappa shape index (κ1) is 20.0. The molecule has 0 saturated heterocycles. The molecule has 2 aromatic carbocycles. The second-order valence-corrected chi connectivity index (χ2v) is 7.51. The van der Waals surface area contributed by atoms with Crippen LogP contribution in [-0.2, 0) is 6.42 Å². The highest BCUT2D eigenvalue weighted by Gasteiger charge is 2.20. The topological polar surface area (TPSA) is 85.8 Å². The molecule has 0 amide bonds. The number of hydrogen-bond donors (Lipinski definition) is 1. The number of nitrogens with zero attached hydrogens (tertiary/aromatic N) is 5. The van der Waals surface area contributed by atoms with Crippen LogP contribution in [0.1, 0.15) is 18.5 Å². The summed E-state index contributed by atoms with van der Waals surface area (Å²) in [6.45, 7) is 1.70. The van der Waals surface area contributed by atoms with Crippen molar-refractivity contribution in [1.82, 2.24) is 24.8 Å². The number of pyridine rings is 1. The Morgan fingerprint density at radius 1 is 1.10 bits per heavy atom. The lowest BCUT2D eigenvalue weighted by Crippen LogP contribution is -2.32. The fourth-order valence-electron chi connectivity index (χ4n) is 3.50. The van der Waals surface area contributed by atoms with Crippen LogP contribution >= 0.6 is 11.6 Å². The fourth-order valence-corrected chi connectivity index (χ4v) is 3.67. The highest BCUT2D eigenvalue weighted by molar-refractivity contribution is 6.31. The van der Waals surface area contributed by atoms with Crippen molar-refractivity contribution in [2.75, 3.05) is 0 Å². The largest absolute Gasteiger partial charge is 0.391 e. The monoisotopic (exact) mass is 421 g/mol. The summed E-state index contributed by atoms with van der Waals surface area (Å²) < 4.78 is 3.09. The van der Waals surface area contributed by atoms with Gasteiger partial charge in [-0.25, -0.2) is 0 Å². The molecule has 0 aliphatic heterocycles. The molecule has 4 rings (SSSR count). The van der Waals surface area contributed by atoms with Gasteiger partial charge in [-0.3, -0.25) is 4.79 Å². The minimum Gasteiger partial charge on any atom is -0.391 e. The molecule has 7 nitrogen and oxygen atoms in total. The quantitative estimate of drug-likeness (QED) is 0.516. The van der Waals surface area contributed by atoms with Crippen LogP contribution in [-0.4, -0.2) is 36.0 Å². The molecule has 0 aliphatic carbocycles. The number of hydrogen-bond acceptors (Lipinski definition) is 5. The maximum Gasteiger partial charge on any atom is 0.251 e. The van der Waals surface area contributed by atoms with Gasteiger partial charge in [-0.05, 0) is 59.2 Å². The highest BCUT2D eigenvalue weighted by atomic mass is 35.5. The van der Waals surface area contributed by atoms with Crippen LogP contribution in [0.25, 0.3) is 16.8 Å².